The van der Waals surface area contributed by atoms with Crippen LogP contribution in [0, 0.1) is 5.92 Å². The number of rotatable bonds is 6. The van der Waals surface area contributed by atoms with Gasteiger partial charge in [-0.3, -0.25) is 9.59 Å². The molecule has 0 saturated carbocycles. The van der Waals surface area contributed by atoms with Crippen molar-refractivity contribution in [3.63, 3.8) is 0 Å². The lowest BCUT2D eigenvalue weighted by Crippen LogP contribution is -2.35. The second-order valence-corrected chi connectivity index (χ2v) is 6.71. The van der Waals surface area contributed by atoms with Crippen molar-refractivity contribution in [3.8, 4) is 0 Å². The number of amides is 2. The summed E-state index contributed by atoms with van der Waals surface area (Å²) >= 11 is 5.92. The lowest BCUT2D eigenvalue weighted by molar-refractivity contribution is -0.129. The van der Waals surface area contributed by atoms with Crippen molar-refractivity contribution in [2.24, 2.45) is 5.92 Å². The maximum absolute atomic E-state index is 12.6. The lowest BCUT2D eigenvalue weighted by atomic mass is 10.0. The molecule has 1 saturated heterocycles. The first-order chi connectivity index (χ1) is 12.1. The SMILES string of the molecule is CC[C@H](NC(=O)[C@H]1CC(=O)N(Cc2ccco2)C1)c1ccc(Cl)cc1. The third kappa shape index (κ3) is 4.23. The van der Waals surface area contributed by atoms with E-state index in [4.69, 9.17) is 16.0 Å². The second-order valence-electron chi connectivity index (χ2n) is 6.28. The number of nitrogens with one attached hydrogen (secondary N) is 1. The summed E-state index contributed by atoms with van der Waals surface area (Å²) < 4.78 is 5.28. The average Bonchev–Trinajstić information content (AvgIpc) is 3.24. The van der Waals surface area contributed by atoms with Gasteiger partial charge < -0.3 is 14.6 Å². The fraction of sp³-hybridized carbons (Fsp3) is 0.368. The standard InChI is InChI=1S/C19H21ClN2O3/c1-2-17(13-5-7-15(20)8-6-13)21-19(24)14-10-18(23)22(11-14)12-16-4-3-9-25-16/h3-9,14,17H,2,10-12H2,1H3,(H,21,24)/t14-,17-/m0/s1. The summed E-state index contributed by atoms with van der Waals surface area (Å²) in [5.41, 5.74) is 1.01. The van der Waals surface area contributed by atoms with E-state index in [1.165, 1.54) is 0 Å². The highest BCUT2D eigenvalue weighted by Crippen LogP contribution is 2.24. The molecule has 132 valence electrons. The maximum atomic E-state index is 12.6. The summed E-state index contributed by atoms with van der Waals surface area (Å²) in [5, 5.41) is 3.73. The Bertz CT molecular complexity index is 728. The van der Waals surface area contributed by atoms with Gasteiger partial charge in [0.25, 0.3) is 0 Å². The fourth-order valence-corrected chi connectivity index (χ4v) is 3.22. The molecule has 1 N–H and O–H groups in total. The number of carbonyl (C=O) groups is 2. The van der Waals surface area contributed by atoms with Crippen LogP contribution < -0.4 is 5.32 Å². The van der Waals surface area contributed by atoms with Crippen LogP contribution in [0.1, 0.15) is 37.1 Å². The van der Waals surface area contributed by atoms with E-state index in [0.717, 1.165) is 17.7 Å². The minimum Gasteiger partial charge on any atom is -0.467 e. The smallest absolute Gasteiger partial charge is 0.225 e. The van der Waals surface area contributed by atoms with Crippen molar-refractivity contribution < 1.29 is 14.0 Å². The van der Waals surface area contributed by atoms with Gasteiger partial charge in [0.05, 0.1) is 24.8 Å². The van der Waals surface area contributed by atoms with E-state index in [-0.39, 0.29) is 30.2 Å². The molecule has 0 unspecified atom stereocenters. The van der Waals surface area contributed by atoms with E-state index in [1.54, 1.807) is 17.2 Å². The van der Waals surface area contributed by atoms with Crippen molar-refractivity contribution >= 4 is 23.4 Å². The third-order valence-corrected chi connectivity index (χ3v) is 4.76. The molecule has 1 aromatic carbocycles. The molecular formula is C19H21ClN2O3. The van der Waals surface area contributed by atoms with Crippen molar-refractivity contribution in [1.82, 2.24) is 10.2 Å². The number of carbonyl (C=O) groups excluding carboxylic acids is 2. The van der Waals surface area contributed by atoms with Gasteiger partial charge in [0.1, 0.15) is 5.76 Å². The zero-order valence-electron chi connectivity index (χ0n) is 14.1. The molecule has 3 rings (SSSR count). The first-order valence-electron chi connectivity index (χ1n) is 8.42. The lowest BCUT2D eigenvalue weighted by Gasteiger charge is -2.20. The molecule has 1 fully saturated rings. The van der Waals surface area contributed by atoms with Gasteiger partial charge in [0.2, 0.25) is 11.8 Å². The first kappa shape index (κ1) is 17.5. The minimum absolute atomic E-state index is 0.0175. The van der Waals surface area contributed by atoms with Gasteiger partial charge in [-0.15, -0.1) is 0 Å². The highest BCUT2D eigenvalue weighted by Gasteiger charge is 2.35. The second kappa shape index (κ2) is 7.74. The molecule has 0 bridgehead atoms. The Morgan fingerprint density at radius 2 is 2.12 bits per heavy atom. The van der Waals surface area contributed by atoms with Crippen molar-refractivity contribution in [2.45, 2.75) is 32.4 Å². The van der Waals surface area contributed by atoms with Gasteiger partial charge in [-0.25, -0.2) is 0 Å². The van der Waals surface area contributed by atoms with Crippen LogP contribution in [0.5, 0.6) is 0 Å². The predicted octanol–water partition coefficient (Wildman–Crippen LogP) is 3.55. The quantitative estimate of drug-likeness (QED) is 0.856. The van der Waals surface area contributed by atoms with E-state index >= 15 is 0 Å². The molecule has 5 nitrogen and oxygen atoms in total. The monoisotopic (exact) mass is 360 g/mol. The van der Waals surface area contributed by atoms with Crippen LogP contribution >= 0.6 is 11.6 Å². The zero-order chi connectivity index (χ0) is 17.8. The molecule has 1 aliphatic rings. The van der Waals surface area contributed by atoms with Crippen LogP contribution in [0.15, 0.2) is 47.1 Å². The Hall–Kier alpha value is -2.27. The summed E-state index contributed by atoms with van der Waals surface area (Å²) in [5.74, 6) is 0.291. The van der Waals surface area contributed by atoms with E-state index in [1.807, 2.05) is 37.3 Å². The summed E-state index contributed by atoms with van der Waals surface area (Å²) in [4.78, 5) is 26.4. The number of hydrogen-bond donors (Lipinski definition) is 1. The number of halogens is 1. The van der Waals surface area contributed by atoms with Crippen molar-refractivity contribution in [2.75, 3.05) is 6.54 Å². The molecule has 0 aliphatic carbocycles. The number of hydrogen-bond acceptors (Lipinski definition) is 3. The molecule has 6 heteroatoms. The summed E-state index contributed by atoms with van der Waals surface area (Å²) in [6.07, 6.45) is 2.59. The van der Waals surface area contributed by atoms with Gasteiger partial charge in [-0.2, -0.15) is 0 Å². The molecule has 2 atom stereocenters. The molecule has 2 heterocycles. The van der Waals surface area contributed by atoms with E-state index in [0.29, 0.717) is 18.1 Å². The van der Waals surface area contributed by atoms with Crippen LogP contribution in [-0.4, -0.2) is 23.3 Å². The zero-order valence-corrected chi connectivity index (χ0v) is 14.8. The van der Waals surface area contributed by atoms with Crippen LogP contribution in [0.3, 0.4) is 0 Å². The Morgan fingerprint density at radius 3 is 2.76 bits per heavy atom. The Kier molecular flexibility index (Phi) is 5.43. The normalized spacial score (nSPS) is 18.4. The van der Waals surface area contributed by atoms with Crippen LogP contribution in [0.4, 0.5) is 0 Å². The number of benzene rings is 1. The van der Waals surface area contributed by atoms with Crippen LogP contribution in [0.25, 0.3) is 0 Å². The summed E-state index contributed by atoms with van der Waals surface area (Å²) in [6, 6.07) is 11.0. The van der Waals surface area contributed by atoms with E-state index in [2.05, 4.69) is 5.32 Å². The Morgan fingerprint density at radius 1 is 1.36 bits per heavy atom. The molecule has 2 amide bonds. The van der Waals surface area contributed by atoms with Crippen LogP contribution in [-0.2, 0) is 16.1 Å². The number of furan rings is 1. The van der Waals surface area contributed by atoms with Crippen LogP contribution in [0.2, 0.25) is 5.02 Å². The van der Waals surface area contributed by atoms with Gasteiger partial charge in [-0.05, 0) is 36.2 Å². The first-order valence-corrected chi connectivity index (χ1v) is 8.80. The van der Waals surface area contributed by atoms with E-state index in [9.17, 15) is 9.59 Å². The Balaban J connectivity index is 1.60. The highest BCUT2D eigenvalue weighted by molar-refractivity contribution is 6.30. The fourth-order valence-electron chi connectivity index (χ4n) is 3.10. The number of likely N-dealkylation sites (tertiary alicyclic amines) is 1. The largest absolute Gasteiger partial charge is 0.467 e. The molecule has 0 radical (unpaired) electrons. The number of nitrogens with zero attached hydrogens (tertiary/aromatic N) is 1. The van der Waals surface area contributed by atoms with Crippen molar-refractivity contribution in [1.29, 1.82) is 0 Å². The van der Waals surface area contributed by atoms with E-state index < -0.39 is 0 Å². The molecular weight excluding hydrogens is 340 g/mol. The molecule has 1 aromatic heterocycles. The third-order valence-electron chi connectivity index (χ3n) is 4.51. The van der Waals surface area contributed by atoms with Gasteiger partial charge in [-0.1, -0.05) is 30.7 Å². The topological polar surface area (TPSA) is 62.6 Å². The van der Waals surface area contributed by atoms with Crippen molar-refractivity contribution in [3.05, 3.63) is 59.0 Å². The van der Waals surface area contributed by atoms with Gasteiger partial charge in [0, 0.05) is 18.0 Å². The maximum Gasteiger partial charge on any atom is 0.225 e. The molecule has 0 spiro atoms. The molecule has 25 heavy (non-hydrogen) atoms. The highest BCUT2D eigenvalue weighted by atomic mass is 35.5. The summed E-state index contributed by atoms with van der Waals surface area (Å²) in [7, 11) is 0. The summed E-state index contributed by atoms with van der Waals surface area (Å²) in [6.45, 7) is 2.84. The molecule has 1 aliphatic heterocycles. The molecule has 2 aromatic rings. The Labute approximate surface area is 151 Å². The minimum atomic E-state index is -0.330. The van der Waals surface area contributed by atoms with Gasteiger partial charge >= 0.3 is 0 Å². The van der Waals surface area contributed by atoms with Gasteiger partial charge in [0.15, 0.2) is 0 Å². The predicted molar refractivity (Wildman–Crippen MR) is 94.9 cm³/mol. The average molecular weight is 361 g/mol.